The maximum absolute atomic E-state index is 13.7. The molecule has 2 aromatic rings. The molecule has 1 saturated heterocycles. The zero-order valence-corrected chi connectivity index (χ0v) is 12.5. The average Bonchev–Trinajstić information content (AvgIpc) is 2.99. The average molecular weight is 309 g/mol. The zero-order chi connectivity index (χ0) is 14.7. The molecule has 112 valence electrons. The van der Waals surface area contributed by atoms with Gasteiger partial charge in [-0.15, -0.1) is 11.3 Å². The standard InChI is InChI=1S/C15H17F2N3S/c16-14-3-1-2-12(15(14)17)8-19-4-6-20(7-5-19)9-13-10-21-11-18-13/h1-3,10-11H,4-9H2. The van der Waals surface area contributed by atoms with E-state index in [4.69, 9.17) is 0 Å². The van der Waals surface area contributed by atoms with Gasteiger partial charge in [0.05, 0.1) is 11.2 Å². The van der Waals surface area contributed by atoms with E-state index in [2.05, 4.69) is 20.2 Å². The van der Waals surface area contributed by atoms with Crippen LogP contribution in [0.5, 0.6) is 0 Å². The maximum atomic E-state index is 13.7. The number of hydrogen-bond donors (Lipinski definition) is 0. The lowest BCUT2D eigenvalue weighted by molar-refractivity contribution is 0.120. The second kappa shape index (κ2) is 6.60. The predicted octanol–water partition coefficient (Wildman–Crippen LogP) is 2.74. The third-order valence-electron chi connectivity index (χ3n) is 3.76. The monoisotopic (exact) mass is 309 g/mol. The number of nitrogens with zero attached hydrogens (tertiary/aromatic N) is 3. The van der Waals surface area contributed by atoms with Gasteiger partial charge in [-0.05, 0) is 6.07 Å². The summed E-state index contributed by atoms with van der Waals surface area (Å²) in [7, 11) is 0. The Labute approximate surface area is 126 Å². The van der Waals surface area contributed by atoms with Gasteiger partial charge in [-0.25, -0.2) is 13.8 Å². The summed E-state index contributed by atoms with van der Waals surface area (Å²) in [4.78, 5) is 8.79. The van der Waals surface area contributed by atoms with Crippen molar-refractivity contribution < 1.29 is 8.78 Å². The third kappa shape index (κ3) is 3.64. The lowest BCUT2D eigenvalue weighted by atomic mass is 10.1. The Kier molecular flexibility index (Phi) is 4.57. The molecule has 21 heavy (non-hydrogen) atoms. The number of halogens is 2. The summed E-state index contributed by atoms with van der Waals surface area (Å²) in [6, 6.07) is 4.37. The van der Waals surface area contributed by atoms with E-state index in [1.165, 1.54) is 0 Å². The maximum Gasteiger partial charge on any atom is 0.163 e. The molecule has 0 atom stereocenters. The first-order valence-corrected chi connectivity index (χ1v) is 7.91. The Balaban J connectivity index is 1.53. The van der Waals surface area contributed by atoms with Crippen LogP contribution in [0.15, 0.2) is 29.1 Å². The minimum atomic E-state index is -0.769. The van der Waals surface area contributed by atoms with E-state index in [0.29, 0.717) is 12.1 Å². The summed E-state index contributed by atoms with van der Waals surface area (Å²) in [6.45, 7) is 4.91. The van der Waals surface area contributed by atoms with Crippen LogP contribution in [0.1, 0.15) is 11.3 Å². The molecule has 3 nitrogen and oxygen atoms in total. The van der Waals surface area contributed by atoms with Crippen molar-refractivity contribution in [1.82, 2.24) is 14.8 Å². The van der Waals surface area contributed by atoms with Gasteiger partial charge in [-0.2, -0.15) is 0 Å². The van der Waals surface area contributed by atoms with Gasteiger partial charge in [-0.1, -0.05) is 12.1 Å². The van der Waals surface area contributed by atoms with Crippen LogP contribution < -0.4 is 0 Å². The van der Waals surface area contributed by atoms with E-state index in [1.54, 1.807) is 23.5 Å². The molecule has 1 aromatic heterocycles. The SMILES string of the molecule is Fc1cccc(CN2CCN(Cc3cscn3)CC2)c1F. The fraction of sp³-hybridized carbons (Fsp3) is 0.400. The van der Waals surface area contributed by atoms with Crippen molar-refractivity contribution >= 4 is 11.3 Å². The summed E-state index contributed by atoms with van der Waals surface area (Å²) in [5, 5.41) is 2.06. The van der Waals surface area contributed by atoms with Gasteiger partial charge < -0.3 is 0 Å². The number of hydrogen-bond acceptors (Lipinski definition) is 4. The first-order valence-electron chi connectivity index (χ1n) is 6.97. The summed E-state index contributed by atoms with van der Waals surface area (Å²) in [6.07, 6.45) is 0. The molecule has 0 unspecified atom stereocenters. The highest BCUT2D eigenvalue weighted by Crippen LogP contribution is 2.15. The van der Waals surface area contributed by atoms with Crippen LogP contribution in [0.4, 0.5) is 8.78 Å². The van der Waals surface area contributed by atoms with Gasteiger partial charge in [-0.3, -0.25) is 9.80 Å². The van der Waals surface area contributed by atoms with Gasteiger partial charge in [0.25, 0.3) is 0 Å². The van der Waals surface area contributed by atoms with Crippen molar-refractivity contribution in [3.63, 3.8) is 0 Å². The Hall–Kier alpha value is -1.37. The Morgan fingerprint density at radius 2 is 1.76 bits per heavy atom. The van der Waals surface area contributed by atoms with E-state index < -0.39 is 11.6 Å². The van der Waals surface area contributed by atoms with Crippen LogP contribution in [-0.2, 0) is 13.1 Å². The van der Waals surface area contributed by atoms with Gasteiger partial charge in [0.15, 0.2) is 11.6 Å². The van der Waals surface area contributed by atoms with Crippen LogP contribution in [-0.4, -0.2) is 41.0 Å². The third-order valence-corrected chi connectivity index (χ3v) is 4.39. The van der Waals surface area contributed by atoms with Gasteiger partial charge in [0, 0.05) is 50.2 Å². The fourth-order valence-electron chi connectivity index (χ4n) is 2.56. The number of piperazine rings is 1. The topological polar surface area (TPSA) is 19.4 Å². The quantitative estimate of drug-likeness (QED) is 0.866. The molecular formula is C15H17F2N3S. The molecule has 0 bridgehead atoms. The minimum Gasteiger partial charge on any atom is -0.296 e. The molecule has 1 aliphatic rings. The molecule has 0 N–H and O–H groups in total. The first kappa shape index (κ1) is 14.6. The van der Waals surface area contributed by atoms with Gasteiger partial charge >= 0.3 is 0 Å². The fourth-order valence-corrected chi connectivity index (χ4v) is 3.11. The van der Waals surface area contributed by atoms with E-state index in [1.807, 2.05) is 5.51 Å². The van der Waals surface area contributed by atoms with Crippen molar-refractivity contribution in [2.75, 3.05) is 26.2 Å². The second-order valence-electron chi connectivity index (χ2n) is 5.25. The first-order chi connectivity index (χ1) is 10.2. The smallest absolute Gasteiger partial charge is 0.163 e. The van der Waals surface area contributed by atoms with Crippen molar-refractivity contribution in [1.29, 1.82) is 0 Å². The molecular weight excluding hydrogens is 292 g/mol. The molecule has 0 saturated carbocycles. The van der Waals surface area contributed by atoms with Crippen molar-refractivity contribution in [2.45, 2.75) is 13.1 Å². The van der Waals surface area contributed by atoms with Crippen molar-refractivity contribution in [3.05, 3.63) is 52.0 Å². The Bertz CT molecular complexity index is 581. The second-order valence-corrected chi connectivity index (χ2v) is 5.96. The predicted molar refractivity (Wildman–Crippen MR) is 79.0 cm³/mol. The highest BCUT2D eigenvalue weighted by Gasteiger charge is 2.19. The molecule has 1 aromatic carbocycles. The molecule has 1 aliphatic heterocycles. The molecule has 0 aliphatic carbocycles. The van der Waals surface area contributed by atoms with Crippen LogP contribution in [0, 0.1) is 11.6 Å². The largest absolute Gasteiger partial charge is 0.296 e. The van der Waals surface area contributed by atoms with Crippen LogP contribution >= 0.6 is 11.3 Å². The lowest BCUT2D eigenvalue weighted by Crippen LogP contribution is -2.45. The normalized spacial score (nSPS) is 17.2. The van der Waals surface area contributed by atoms with E-state index in [-0.39, 0.29) is 0 Å². The van der Waals surface area contributed by atoms with Crippen molar-refractivity contribution in [3.8, 4) is 0 Å². The summed E-state index contributed by atoms with van der Waals surface area (Å²) in [5.74, 6) is -1.49. The van der Waals surface area contributed by atoms with Crippen molar-refractivity contribution in [2.24, 2.45) is 0 Å². The van der Waals surface area contributed by atoms with E-state index >= 15 is 0 Å². The Morgan fingerprint density at radius 1 is 1.05 bits per heavy atom. The van der Waals surface area contributed by atoms with E-state index in [0.717, 1.165) is 44.5 Å². The number of thiazole rings is 1. The summed E-state index contributed by atoms with van der Waals surface area (Å²) in [5.41, 5.74) is 3.38. The molecule has 1 fully saturated rings. The van der Waals surface area contributed by atoms with Gasteiger partial charge in [0.1, 0.15) is 0 Å². The summed E-state index contributed by atoms with van der Waals surface area (Å²) < 4.78 is 26.9. The number of aromatic nitrogens is 1. The molecule has 0 radical (unpaired) electrons. The zero-order valence-electron chi connectivity index (χ0n) is 11.6. The number of benzene rings is 1. The molecule has 0 spiro atoms. The highest BCUT2D eigenvalue weighted by atomic mass is 32.1. The molecule has 6 heteroatoms. The minimum absolute atomic E-state index is 0.433. The summed E-state index contributed by atoms with van der Waals surface area (Å²) >= 11 is 1.61. The number of rotatable bonds is 4. The lowest BCUT2D eigenvalue weighted by Gasteiger charge is -2.34. The van der Waals surface area contributed by atoms with E-state index in [9.17, 15) is 8.78 Å². The van der Waals surface area contributed by atoms with Crippen LogP contribution in [0.25, 0.3) is 0 Å². The van der Waals surface area contributed by atoms with Crippen LogP contribution in [0.2, 0.25) is 0 Å². The van der Waals surface area contributed by atoms with Gasteiger partial charge in [0.2, 0.25) is 0 Å². The Morgan fingerprint density at radius 3 is 2.43 bits per heavy atom. The molecule has 0 amide bonds. The molecule has 2 heterocycles. The van der Waals surface area contributed by atoms with Crippen LogP contribution in [0.3, 0.4) is 0 Å². The highest BCUT2D eigenvalue weighted by molar-refractivity contribution is 7.07. The molecule has 3 rings (SSSR count).